The maximum Gasteiger partial charge on any atom is 0.435 e. The van der Waals surface area contributed by atoms with Gasteiger partial charge in [-0.1, -0.05) is 0 Å². The summed E-state index contributed by atoms with van der Waals surface area (Å²) in [5.41, 5.74) is -0.0160. The fourth-order valence-corrected chi connectivity index (χ4v) is 1.99. The van der Waals surface area contributed by atoms with Crippen LogP contribution >= 0.6 is 0 Å². The van der Waals surface area contributed by atoms with Crippen molar-refractivity contribution in [3.63, 3.8) is 0 Å². The van der Waals surface area contributed by atoms with E-state index in [1.807, 2.05) is 6.07 Å². The molecule has 3 rings (SSSR count). The lowest BCUT2D eigenvalue weighted by atomic mass is 10.2. The third-order valence-electron chi connectivity index (χ3n) is 3.01. The normalized spacial score (nSPS) is 11.4. The Morgan fingerprint density at radius 1 is 1.14 bits per heavy atom. The molecule has 0 aliphatic heterocycles. The molecule has 22 heavy (non-hydrogen) atoms. The lowest BCUT2D eigenvalue weighted by molar-refractivity contribution is -0.141. The van der Waals surface area contributed by atoms with Crippen molar-refractivity contribution >= 4 is 0 Å². The van der Waals surface area contributed by atoms with E-state index < -0.39 is 11.9 Å². The number of benzene rings is 1. The second-order valence-corrected chi connectivity index (χ2v) is 4.46. The predicted octanol–water partition coefficient (Wildman–Crippen LogP) is 4.02. The number of aromatic nitrogens is 2. The summed E-state index contributed by atoms with van der Waals surface area (Å²) in [4.78, 5) is 0. The van der Waals surface area contributed by atoms with E-state index in [1.165, 1.54) is 30.5 Å². The van der Waals surface area contributed by atoms with Crippen molar-refractivity contribution in [2.45, 2.75) is 6.18 Å². The maximum atomic E-state index is 12.9. The molecule has 0 amide bonds. The summed E-state index contributed by atoms with van der Waals surface area (Å²) < 4.78 is 45.0. The molecule has 3 aromatic rings. The van der Waals surface area contributed by atoms with Gasteiger partial charge in [-0.25, -0.2) is 4.68 Å². The van der Waals surface area contributed by atoms with E-state index in [9.17, 15) is 13.2 Å². The van der Waals surface area contributed by atoms with E-state index in [2.05, 4.69) is 5.10 Å². The van der Waals surface area contributed by atoms with Crippen molar-refractivity contribution in [2.24, 2.45) is 0 Å². The molecule has 0 aliphatic rings. The van der Waals surface area contributed by atoms with Gasteiger partial charge in [-0.3, -0.25) is 0 Å². The van der Waals surface area contributed by atoms with Crippen LogP contribution in [0.3, 0.4) is 0 Å². The topological polar surface area (TPSA) is 54.8 Å². The first-order valence-electron chi connectivity index (χ1n) is 6.21. The highest BCUT2D eigenvalue weighted by Gasteiger charge is 2.35. The Morgan fingerprint density at radius 2 is 1.86 bits per heavy atom. The molecule has 110 valence electrons. The van der Waals surface area contributed by atoms with Crippen LogP contribution in [0.4, 0.5) is 13.2 Å². The summed E-state index contributed by atoms with van der Waals surface area (Å²) in [6.45, 7) is 0. The van der Waals surface area contributed by atoms with Crippen LogP contribution < -0.4 is 0 Å². The zero-order chi connectivity index (χ0) is 15.7. The summed E-state index contributed by atoms with van der Waals surface area (Å²) in [7, 11) is 0. The zero-order valence-corrected chi connectivity index (χ0v) is 11.0. The first-order valence-corrected chi connectivity index (χ1v) is 6.21. The van der Waals surface area contributed by atoms with Gasteiger partial charge in [0, 0.05) is 6.07 Å². The second-order valence-electron chi connectivity index (χ2n) is 4.46. The van der Waals surface area contributed by atoms with Gasteiger partial charge >= 0.3 is 6.18 Å². The molecule has 0 saturated carbocycles. The lowest BCUT2D eigenvalue weighted by Crippen LogP contribution is -2.07. The van der Waals surface area contributed by atoms with Gasteiger partial charge in [0.1, 0.15) is 5.69 Å². The molecule has 0 bridgehead atoms. The van der Waals surface area contributed by atoms with Crippen LogP contribution in [0.25, 0.3) is 17.1 Å². The molecule has 0 radical (unpaired) electrons. The maximum absolute atomic E-state index is 12.9. The summed E-state index contributed by atoms with van der Waals surface area (Å²) in [6, 6.07) is 12.1. The van der Waals surface area contributed by atoms with Gasteiger partial charge in [0.25, 0.3) is 0 Å². The average Bonchev–Trinajstić information content (AvgIpc) is 3.15. The van der Waals surface area contributed by atoms with Crippen molar-refractivity contribution in [1.29, 1.82) is 5.26 Å². The van der Waals surface area contributed by atoms with Crippen molar-refractivity contribution in [3.05, 3.63) is 60.0 Å². The van der Waals surface area contributed by atoms with Gasteiger partial charge in [0.05, 0.1) is 23.6 Å². The predicted molar refractivity (Wildman–Crippen MR) is 71.0 cm³/mol. The molecule has 0 aliphatic carbocycles. The molecule has 0 spiro atoms. The van der Waals surface area contributed by atoms with E-state index in [4.69, 9.17) is 9.68 Å². The number of hydrogen-bond donors (Lipinski definition) is 0. The fourth-order valence-electron chi connectivity index (χ4n) is 1.99. The van der Waals surface area contributed by atoms with Crippen molar-refractivity contribution in [3.8, 4) is 23.2 Å². The van der Waals surface area contributed by atoms with Gasteiger partial charge in [-0.05, 0) is 36.4 Å². The summed E-state index contributed by atoms with van der Waals surface area (Å²) in [5.74, 6) is 0.271. The smallest absolute Gasteiger partial charge is 0.435 e. The van der Waals surface area contributed by atoms with Gasteiger partial charge < -0.3 is 4.42 Å². The SMILES string of the molecule is N#Cc1ccc(-n2nc(C(F)(F)F)cc2-c2ccco2)cc1. The van der Waals surface area contributed by atoms with Gasteiger partial charge in [0.2, 0.25) is 0 Å². The zero-order valence-electron chi connectivity index (χ0n) is 11.0. The van der Waals surface area contributed by atoms with Crippen LogP contribution in [-0.4, -0.2) is 9.78 Å². The summed E-state index contributed by atoms with van der Waals surface area (Å²) in [5, 5.41) is 12.4. The summed E-state index contributed by atoms with van der Waals surface area (Å²) >= 11 is 0. The largest absolute Gasteiger partial charge is 0.463 e. The van der Waals surface area contributed by atoms with Crippen LogP contribution in [0.1, 0.15) is 11.3 Å². The fraction of sp³-hybridized carbons (Fsp3) is 0.0667. The lowest BCUT2D eigenvalue weighted by Gasteiger charge is -2.05. The third kappa shape index (κ3) is 2.46. The number of furan rings is 1. The van der Waals surface area contributed by atoms with Crippen molar-refractivity contribution < 1.29 is 17.6 Å². The monoisotopic (exact) mass is 303 g/mol. The quantitative estimate of drug-likeness (QED) is 0.718. The van der Waals surface area contributed by atoms with Crippen LogP contribution in [0.2, 0.25) is 0 Å². The Labute approximate surface area is 123 Å². The van der Waals surface area contributed by atoms with Gasteiger partial charge in [-0.2, -0.15) is 23.5 Å². The van der Waals surface area contributed by atoms with Crippen LogP contribution in [0.15, 0.2) is 53.1 Å². The second kappa shape index (κ2) is 5.07. The molecule has 7 heteroatoms. The minimum absolute atomic E-state index is 0.182. The van der Waals surface area contributed by atoms with E-state index in [1.54, 1.807) is 12.1 Å². The van der Waals surface area contributed by atoms with Crippen molar-refractivity contribution in [2.75, 3.05) is 0 Å². The Kier molecular flexibility index (Phi) is 3.22. The highest BCUT2D eigenvalue weighted by atomic mass is 19.4. The van der Waals surface area contributed by atoms with E-state index in [-0.39, 0.29) is 11.5 Å². The third-order valence-corrected chi connectivity index (χ3v) is 3.01. The van der Waals surface area contributed by atoms with Crippen LogP contribution in [-0.2, 0) is 6.18 Å². The first kappa shape index (κ1) is 13.9. The molecular formula is C15H8F3N3O. The van der Waals surface area contributed by atoms with Crippen LogP contribution in [0.5, 0.6) is 0 Å². The molecule has 0 unspecified atom stereocenters. The first-order chi connectivity index (χ1) is 10.5. The average molecular weight is 303 g/mol. The highest BCUT2D eigenvalue weighted by Crippen LogP contribution is 2.33. The number of alkyl halides is 3. The molecular weight excluding hydrogens is 295 g/mol. The Hall–Kier alpha value is -3.01. The van der Waals surface area contributed by atoms with E-state index in [0.717, 1.165) is 10.7 Å². The Morgan fingerprint density at radius 3 is 2.41 bits per heavy atom. The molecule has 2 heterocycles. The van der Waals surface area contributed by atoms with Gasteiger partial charge in [0.15, 0.2) is 11.5 Å². The Bertz CT molecular complexity index is 825. The standard InChI is InChI=1S/C15H8F3N3O/c16-15(17,18)14-8-12(13-2-1-7-22-13)21(20-14)11-5-3-10(9-19)4-6-11/h1-8H. The molecule has 0 atom stereocenters. The van der Waals surface area contributed by atoms with E-state index in [0.29, 0.717) is 11.3 Å². The molecule has 2 aromatic heterocycles. The number of hydrogen-bond acceptors (Lipinski definition) is 3. The minimum atomic E-state index is -4.56. The van der Waals surface area contributed by atoms with Crippen LogP contribution in [0, 0.1) is 11.3 Å². The number of nitrogens with zero attached hydrogens (tertiary/aromatic N) is 3. The number of rotatable bonds is 2. The number of halogens is 3. The summed E-state index contributed by atoms with van der Waals surface area (Å²) in [6.07, 6.45) is -3.18. The molecule has 0 N–H and O–H groups in total. The Balaban J connectivity index is 2.16. The molecule has 0 saturated heterocycles. The number of nitriles is 1. The highest BCUT2D eigenvalue weighted by molar-refractivity contribution is 5.57. The van der Waals surface area contributed by atoms with E-state index >= 15 is 0 Å². The van der Waals surface area contributed by atoms with Gasteiger partial charge in [-0.15, -0.1) is 0 Å². The van der Waals surface area contributed by atoms with Crippen molar-refractivity contribution in [1.82, 2.24) is 9.78 Å². The molecule has 0 fully saturated rings. The molecule has 1 aromatic carbocycles. The minimum Gasteiger partial charge on any atom is -0.463 e. The molecule has 4 nitrogen and oxygen atoms in total.